The molecule has 2 rings (SSSR count). The average Bonchev–Trinajstić information content (AvgIpc) is 2.58. The maximum Gasteiger partial charge on any atom is 0.124 e. The van der Waals surface area contributed by atoms with Crippen LogP contribution in [0.4, 0.5) is 0 Å². The molecule has 0 aliphatic rings. The summed E-state index contributed by atoms with van der Waals surface area (Å²) in [6, 6.07) is 13.4. The minimum atomic E-state index is 0.276. The van der Waals surface area contributed by atoms with Gasteiger partial charge in [-0.2, -0.15) is 0 Å². The molecule has 0 aliphatic heterocycles. The van der Waals surface area contributed by atoms with E-state index >= 15 is 0 Å². The first-order valence-corrected chi connectivity index (χ1v) is 9.29. The van der Waals surface area contributed by atoms with Gasteiger partial charge in [0.25, 0.3) is 0 Å². The van der Waals surface area contributed by atoms with E-state index in [0.29, 0.717) is 23.2 Å². The minimum absolute atomic E-state index is 0.276. The van der Waals surface area contributed by atoms with E-state index in [1.165, 1.54) is 0 Å². The molecular formula is C20H25Cl2NO2. The maximum absolute atomic E-state index is 6.18. The molecule has 0 amide bonds. The summed E-state index contributed by atoms with van der Waals surface area (Å²) < 4.78 is 11.5. The van der Waals surface area contributed by atoms with Crippen LogP contribution in [-0.4, -0.2) is 19.3 Å². The van der Waals surface area contributed by atoms with E-state index in [2.05, 4.69) is 5.32 Å². The summed E-state index contributed by atoms with van der Waals surface area (Å²) in [5, 5.41) is 4.82. The van der Waals surface area contributed by atoms with Crippen molar-refractivity contribution in [1.82, 2.24) is 5.32 Å². The Hall–Kier alpha value is -1.26. The molecule has 136 valence electrons. The SMILES string of the molecule is CC(C)OCCCNCc1cc(Cl)ccc1OCc1ccccc1Cl. The average molecular weight is 382 g/mol. The van der Waals surface area contributed by atoms with Crippen LogP contribution in [0.5, 0.6) is 5.75 Å². The van der Waals surface area contributed by atoms with Gasteiger partial charge in [-0.25, -0.2) is 0 Å². The van der Waals surface area contributed by atoms with Crippen LogP contribution >= 0.6 is 23.2 Å². The van der Waals surface area contributed by atoms with Gasteiger partial charge in [-0.15, -0.1) is 0 Å². The van der Waals surface area contributed by atoms with Crippen LogP contribution in [0.15, 0.2) is 42.5 Å². The van der Waals surface area contributed by atoms with Gasteiger partial charge in [0.15, 0.2) is 0 Å². The molecule has 0 radical (unpaired) electrons. The number of ether oxygens (including phenoxy) is 2. The van der Waals surface area contributed by atoms with Gasteiger partial charge in [0.05, 0.1) is 6.10 Å². The summed E-state index contributed by atoms with van der Waals surface area (Å²) in [7, 11) is 0. The predicted octanol–water partition coefficient (Wildman–Crippen LogP) is 5.48. The number of hydrogen-bond donors (Lipinski definition) is 1. The Morgan fingerprint density at radius 1 is 1.04 bits per heavy atom. The quantitative estimate of drug-likeness (QED) is 0.552. The van der Waals surface area contributed by atoms with Crippen molar-refractivity contribution in [1.29, 1.82) is 0 Å². The van der Waals surface area contributed by atoms with E-state index < -0.39 is 0 Å². The summed E-state index contributed by atoms with van der Waals surface area (Å²) >= 11 is 12.3. The number of rotatable bonds is 10. The normalized spacial score (nSPS) is 11.1. The van der Waals surface area contributed by atoms with Crippen molar-refractivity contribution in [3.8, 4) is 5.75 Å². The molecule has 2 aromatic rings. The van der Waals surface area contributed by atoms with E-state index in [-0.39, 0.29) is 6.10 Å². The third-order valence-corrected chi connectivity index (χ3v) is 4.23. The standard InChI is InChI=1S/C20H25Cl2NO2/c1-15(2)24-11-5-10-23-13-17-12-18(21)8-9-20(17)25-14-16-6-3-4-7-19(16)22/h3-4,6-9,12,15,23H,5,10-11,13-14H2,1-2H3. The summed E-state index contributed by atoms with van der Waals surface area (Å²) in [5.41, 5.74) is 1.99. The first-order valence-electron chi connectivity index (χ1n) is 8.53. The highest BCUT2D eigenvalue weighted by atomic mass is 35.5. The Bertz CT molecular complexity index is 662. The zero-order chi connectivity index (χ0) is 18.1. The second-order valence-electron chi connectivity index (χ2n) is 6.08. The van der Waals surface area contributed by atoms with Crippen LogP contribution in [0.25, 0.3) is 0 Å². The van der Waals surface area contributed by atoms with E-state index in [1.807, 2.05) is 56.3 Å². The molecule has 0 bridgehead atoms. The summed E-state index contributed by atoms with van der Waals surface area (Å²) in [6.07, 6.45) is 1.24. The smallest absolute Gasteiger partial charge is 0.124 e. The van der Waals surface area contributed by atoms with Gasteiger partial charge in [-0.3, -0.25) is 0 Å². The van der Waals surface area contributed by atoms with Crippen LogP contribution in [0, 0.1) is 0 Å². The van der Waals surface area contributed by atoms with Crippen molar-refractivity contribution in [3.05, 3.63) is 63.6 Å². The highest BCUT2D eigenvalue weighted by Gasteiger charge is 2.07. The third-order valence-electron chi connectivity index (χ3n) is 3.63. The van der Waals surface area contributed by atoms with Crippen molar-refractivity contribution >= 4 is 23.2 Å². The molecule has 25 heavy (non-hydrogen) atoms. The highest BCUT2D eigenvalue weighted by Crippen LogP contribution is 2.25. The van der Waals surface area contributed by atoms with Crippen LogP contribution in [0.2, 0.25) is 10.0 Å². The fourth-order valence-corrected chi connectivity index (χ4v) is 2.72. The molecule has 5 heteroatoms. The molecule has 0 aliphatic carbocycles. The minimum Gasteiger partial charge on any atom is -0.489 e. The van der Waals surface area contributed by atoms with Gasteiger partial charge in [-0.1, -0.05) is 41.4 Å². The lowest BCUT2D eigenvalue weighted by Gasteiger charge is -2.14. The lowest BCUT2D eigenvalue weighted by molar-refractivity contribution is 0.0770. The fraction of sp³-hybridized carbons (Fsp3) is 0.400. The Kier molecular flexibility index (Phi) is 8.56. The summed E-state index contributed by atoms with van der Waals surface area (Å²) in [6.45, 7) is 6.85. The van der Waals surface area contributed by atoms with Gasteiger partial charge in [0.1, 0.15) is 12.4 Å². The monoisotopic (exact) mass is 381 g/mol. The van der Waals surface area contributed by atoms with Gasteiger partial charge >= 0.3 is 0 Å². The Morgan fingerprint density at radius 2 is 1.84 bits per heavy atom. The molecule has 0 aromatic heterocycles. The number of nitrogens with one attached hydrogen (secondary N) is 1. The van der Waals surface area contributed by atoms with Gasteiger partial charge in [0, 0.05) is 34.3 Å². The lowest BCUT2D eigenvalue weighted by atomic mass is 10.2. The lowest BCUT2D eigenvalue weighted by Crippen LogP contribution is -2.18. The van der Waals surface area contributed by atoms with Crippen LogP contribution < -0.4 is 10.1 Å². The molecular weight excluding hydrogens is 357 g/mol. The molecule has 0 saturated carbocycles. The fourth-order valence-electron chi connectivity index (χ4n) is 2.34. The molecule has 0 fully saturated rings. The van der Waals surface area contributed by atoms with E-state index in [1.54, 1.807) is 0 Å². The van der Waals surface area contributed by atoms with Gasteiger partial charge in [-0.05, 0) is 51.1 Å². The van der Waals surface area contributed by atoms with Crippen molar-refractivity contribution in [2.24, 2.45) is 0 Å². The first-order chi connectivity index (χ1) is 12.1. The Balaban J connectivity index is 1.87. The van der Waals surface area contributed by atoms with Crippen molar-refractivity contribution in [3.63, 3.8) is 0 Å². The predicted molar refractivity (Wildman–Crippen MR) is 105 cm³/mol. The van der Waals surface area contributed by atoms with Crippen molar-refractivity contribution < 1.29 is 9.47 Å². The van der Waals surface area contributed by atoms with E-state index in [0.717, 1.165) is 36.4 Å². The molecule has 0 heterocycles. The Morgan fingerprint density at radius 3 is 2.60 bits per heavy atom. The van der Waals surface area contributed by atoms with Gasteiger partial charge < -0.3 is 14.8 Å². The number of benzene rings is 2. The van der Waals surface area contributed by atoms with Crippen LogP contribution in [0.1, 0.15) is 31.4 Å². The van der Waals surface area contributed by atoms with Crippen LogP contribution in [0.3, 0.4) is 0 Å². The molecule has 0 spiro atoms. The largest absolute Gasteiger partial charge is 0.489 e. The second-order valence-corrected chi connectivity index (χ2v) is 6.93. The van der Waals surface area contributed by atoms with Crippen LogP contribution in [-0.2, 0) is 17.9 Å². The molecule has 0 unspecified atom stereocenters. The second kappa shape index (κ2) is 10.7. The molecule has 0 atom stereocenters. The Labute approximate surface area is 160 Å². The molecule has 0 saturated heterocycles. The van der Waals surface area contributed by atoms with E-state index in [9.17, 15) is 0 Å². The first kappa shape index (κ1) is 20.1. The van der Waals surface area contributed by atoms with E-state index in [4.69, 9.17) is 32.7 Å². The summed E-state index contributed by atoms with van der Waals surface area (Å²) in [4.78, 5) is 0. The zero-order valence-electron chi connectivity index (χ0n) is 14.7. The number of hydrogen-bond acceptors (Lipinski definition) is 3. The van der Waals surface area contributed by atoms with Gasteiger partial charge in [0.2, 0.25) is 0 Å². The maximum atomic E-state index is 6.18. The molecule has 3 nitrogen and oxygen atoms in total. The zero-order valence-corrected chi connectivity index (χ0v) is 16.2. The third kappa shape index (κ3) is 7.25. The topological polar surface area (TPSA) is 30.5 Å². The van der Waals surface area contributed by atoms with Crippen molar-refractivity contribution in [2.75, 3.05) is 13.2 Å². The molecule has 1 N–H and O–H groups in total. The molecule has 2 aromatic carbocycles. The summed E-state index contributed by atoms with van der Waals surface area (Å²) in [5.74, 6) is 0.815. The number of halogens is 2. The van der Waals surface area contributed by atoms with Crippen molar-refractivity contribution in [2.45, 2.75) is 39.5 Å². The highest BCUT2D eigenvalue weighted by molar-refractivity contribution is 6.31.